The van der Waals surface area contributed by atoms with E-state index in [0.29, 0.717) is 23.7 Å². The molecule has 0 aliphatic heterocycles. The van der Waals surface area contributed by atoms with Gasteiger partial charge in [-0.05, 0) is 79.1 Å². The predicted molar refractivity (Wildman–Crippen MR) is 152 cm³/mol. The number of nitrogens with one attached hydrogen (secondary N) is 2. The quantitative estimate of drug-likeness (QED) is 0.218. The Morgan fingerprint density at radius 2 is 1.79 bits per heavy atom. The zero-order valence-electron chi connectivity index (χ0n) is 22.3. The van der Waals surface area contributed by atoms with Crippen molar-refractivity contribution in [2.45, 2.75) is 65.5 Å². The number of amides is 2. The van der Waals surface area contributed by atoms with E-state index in [-0.39, 0.29) is 23.5 Å². The second-order valence-corrected chi connectivity index (χ2v) is 11.0. The Morgan fingerprint density at radius 1 is 1.05 bits per heavy atom. The normalized spacial score (nSPS) is 12.3. The van der Waals surface area contributed by atoms with Gasteiger partial charge >= 0.3 is 0 Å². The highest BCUT2D eigenvalue weighted by Crippen LogP contribution is 2.28. The third kappa shape index (κ3) is 6.48. The average molecular weight is 535 g/mol. The van der Waals surface area contributed by atoms with Gasteiger partial charge in [0.15, 0.2) is 0 Å². The third-order valence-corrected chi connectivity index (χ3v) is 7.56. The lowest BCUT2D eigenvalue weighted by molar-refractivity contribution is -0.118. The summed E-state index contributed by atoms with van der Waals surface area (Å²) in [4.78, 5) is 32.5. The molecule has 38 heavy (non-hydrogen) atoms. The number of imidazole rings is 1. The number of benzene rings is 2. The molecule has 0 bridgehead atoms. The van der Waals surface area contributed by atoms with Gasteiger partial charge in [0.1, 0.15) is 17.7 Å². The summed E-state index contributed by atoms with van der Waals surface area (Å²) in [6.45, 7) is 8.36. The van der Waals surface area contributed by atoms with Crippen LogP contribution in [0.3, 0.4) is 0 Å². The van der Waals surface area contributed by atoms with Gasteiger partial charge < -0.3 is 15.2 Å². The first kappa shape index (κ1) is 27.5. The van der Waals surface area contributed by atoms with Gasteiger partial charge in [-0.25, -0.2) is 9.37 Å². The summed E-state index contributed by atoms with van der Waals surface area (Å²) >= 11 is 1.71. The fourth-order valence-corrected chi connectivity index (χ4v) is 5.45. The monoisotopic (exact) mass is 534 g/mol. The van der Waals surface area contributed by atoms with Crippen LogP contribution >= 0.6 is 11.3 Å². The number of fused-ring (bicyclic) bond motifs is 1. The third-order valence-electron chi connectivity index (χ3n) is 6.69. The Labute approximate surface area is 227 Å². The van der Waals surface area contributed by atoms with Crippen LogP contribution < -0.4 is 10.6 Å². The van der Waals surface area contributed by atoms with Crippen LogP contribution in [-0.4, -0.2) is 27.4 Å². The minimum Gasteiger partial charge on any atom is -0.340 e. The van der Waals surface area contributed by atoms with Gasteiger partial charge in [-0.2, -0.15) is 0 Å². The molecule has 2 aromatic carbocycles. The van der Waals surface area contributed by atoms with E-state index in [9.17, 15) is 14.0 Å². The molecule has 0 spiro atoms. The molecule has 0 saturated heterocycles. The molecule has 2 heterocycles. The number of rotatable bonds is 11. The van der Waals surface area contributed by atoms with Gasteiger partial charge in [-0.3, -0.25) is 9.59 Å². The molecule has 6 nitrogen and oxygen atoms in total. The number of carbonyl (C=O) groups excluding carboxylic acids is 2. The Kier molecular flexibility index (Phi) is 8.94. The first-order chi connectivity index (χ1) is 18.3. The number of anilines is 1. The van der Waals surface area contributed by atoms with Crippen molar-refractivity contribution < 1.29 is 14.0 Å². The Morgan fingerprint density at radius 3 is 2.42 bits per heavy atom. The molecule has 1 atom stereocenters. The molecule has 4 aromatic rings. The van der Waals surface area contributed by atoms with E-state index in [2.05, 4.69) is 40.5 Å². The molecular weight excluding hydrogens is 499 g/mol. The molecule has 0 radical (unpaired) electrons. The summed E-state index contributed by atoms with van der Waals surface area (Å²) in [5.74, 6) is 0.123. The summed E-state index contributed by atoms with van der Waals surface area (Å²) in [6.07, 6.45) is 3.18. The molecule has 200 valence electrons. The second kappa shape index (κ2) is 12.3. The molecule has 4 rings (SSSR count). The van der Waals surface area contributed by atoms with Crippen molar-refractivity contribution >= 4 is 39.9 Å². The smallest absolute Gasteiger partial charge is 0.252 e. The minimum atomic E-state index is -0.736. The van der Waals surface area contributed by atoms with E-state index in [0.717, 1.165) is 36.1 Å². The highest BCUT2D eigenvalue weighted by Gasteiger charge is 2.24. The van der Waals surface area contributed by atoms with E-state index in [1.165, 1.54) is 29.1 Å². The Hall–Kier alpha value is -3.52. The molecule has 0 saturated carbocycles. The van der Waals surface area contributed by atoms with Crippen LogP contribution in [0.5, 0.6) is 0 Å². The SMILES string of the molecule is CCC(CC)n1c(Cc2cccs2)nc2cc(C(=O)NC(CC(C)C)C(=O)Nc3ccc(F)cc3)ccc21. The maximum Gasteiger partial charge on any atom is 0.252 e. The summed E-state index contributed by atoms with van der Waals surface area (Å²) in [5, 5.41) is 7.76. The van der Waals surface area contributed by atoms with Crippen molar-refractivity contribution in [3.05, 3.63) is 82.1 Å². The van der Waals surface area contributed by atoms with Crippen LogP contribution in [0.15, 0.2) is 60.0 Å². The first-order valence-corrected chi connectivity index (χ1v) is 14.1. The van der Waals surface area contributed by atoms with Crippen LogP contribution in [-0.2, 0) is 11.2 Å². The molecular formula is C30H35FN4O2S. The fourth-order valence-electron chi connectivity index (χ4n) is 4.75. The first-order valence-electron chi connectivity index (χ1n) is 13.2. The summed E-state index contributed by atoms with van der Waals surface area (Å²) < 4.78 is 15.6. The molecule has 2 amide bonds. The van der Waals surface area contributed by atoms with Crippen molar-refractivity contribution in [3.63, 3.8) is 0 Å². The van der Waals surface area contributed by atoms with E-state index >= 15 is 0 Å². The van der Waals surface area contributed by atoms with Gasteiger partial charge in [0.2, 0.25) is 5.91 Å². The summed E-state index contributed by atoms with van der Waals surface area (Å²) in [6, 6.07) is 14.9. The molecule has 8 heteroatoms. The van der Waals surface area contributed by atoms with Crippen molar-refractivity contribution in [2.24, 2.45) is 5.92 Å². The molecule has 0 aliphatic carbocycles. The number of aromatic nitrogens is 2. The second-order valence-electron chi connectivity index (χ2n) is 9.98. The largest absolute Gasteiger partial charge is 0.340 e. The van der Waals surface area contributed by atoms with Gasteiger partial charge in [0.25, 0.3) is 5.91 Å². The molecule has 0 fully saturated rings. The number of nitrogens with zero attached hydrogens (tertiary/aromatic N) is 2. The minimum absolute atomic E-state index is 0.178. The average Bonchev–Trinajstić information content (AvgIpc) is 3.53. The zero-order chi connectivity index (χ0) is 27.2. The number of carbonyl (C=O) groups is 2. The van der Waals surface area contributed by atoms with Gasteiger partial charge in [-0.1, -0.05) is 33.8 Å². The van der Waals surface area contributed by atoms with Crippen LogP contribution in [0, 0.1) is 11.7 Å². The van der Waals surface area contributed by atoms with E-state index in [1.54, 1.807) is 17.4 Å². The van der Waals surface area contributed by atoms with Crippen molar-refractivity contribution in [1.29, 1.82) is 0 Å². The van der Waals surface area contributed by atoms with E-state index < -0.39 is 6.04 Å². The standard InChI is InChI=1S/C30H35FN4O2S/c1-5-23(6-2)35-27-14-9-20(17-25(27)33-28(35)18-24-8-7-15-38-24)29(36)34-26(16-19(3)4)30(37)32-22-12-10-21(31)11-13-22/h7-15,17,19,23,26H,5-6,16,18H2,1-4H3,(H,32,37)(H,34,36). The van der Waals surface area contributed by atoms with Crippen molar-refractivity contribution in [1.82, 2.24) is 14.9 Å². The Bertz CT molecular complexity index is 1380. The van der Waals surface area contributed by atoms with Crippen molar-refractivity contribution in [2.75, 3.05) is 5.32 Å². The van der Waals surface area contributed by atoms with Gasteiger partial charge in [0.05, 0.1) is 11.0 Å². The van der Waals surface area contributed by atoms with Crippen LogP contribution in [0.25, 0.3) is 11.0 Å². The lowest BCUT2D eigenvalue weighted by Crippen LogP contribution is -2.44. The molecule has 1 unspecified atom stereocenters. The predicted octanol–water partition coefficient (Wildman–Crippen LogP) is 6.97. The molecule has 2 aromatic heterocycles. The van der Waals surface area contributed by atoms with E-state index in [1.807, 2.05) is 32.0 Å². The summed E-state index contributed by atoms with van der Waals surface area (Å²) in [5.41, 5.74) is 2.71. The van der Waals surface area contributed by atoms with E-state index in [4.69, 9.17) is 4.98 Å². The van der Waals surface area contributed by atoms with Crippen LogP contribution in [0.2, 0.25) is 0 Å². The molecule has 0 aliphatic rings. The van der Waals surface area contributed by atoms with Gasteiger partial charge in [-0.15, -0.1) is 11.3 Å². The number of hydrogen-bond acceptors (Lipinski definition) is 4. The van der Waals surface area contributed by atoms with Crippen molar-refractivity contribution in [3.8, 4) is 0 Å². The topological polar surface area (TPSA) is 76.0 Å². The lowest BCUT2D eigenvalue weighted by Gasteiger charge is -2.20. The molecule has 2 N–H and O–H groups in total. The number of halogens is 1. The van der Waals surface area contributed by atoms with Crippen LogP contribution in [0.4, 0.5) is 10.1 Å². The highest BCUT2D eigenvalue weighted by atomic mass is 32.1. The number of hydrogen-bond donors (Lipinski definition) is 2. The maximum atomic E-state index is 13.3. The maximum absolute atomic E-state index is 13.3. The fraction of sp³-hybridized carbons (Fsp3) is 0.367. The highest BCUT2D eigenvalue weighted by molar-refractivity contribution is 7.09. The van der Waals surface area contributed by atoms with Crippen LogP contribution in [0.1, 0.15) is 74.1 Å². The lowest BCUT2D eigenvalue weighted by atomic mass is 10.0. The number of thiophene rings is 1. The zero-order valence-corrected chi connectivity index (χ0v) is 23.1. The van der Waals surface area contributed by atoms with Gasteiger partial charge in [0, 0.05) is 28.6 Å². The Balaban J connectivity index is 1.59. The summed E-state index contributed by atoms with van der Waals surface area (Å²) in [7, 11) is 0.